The van der Waals surface area contributed by atoms with Crippen LogP contribution >= 0.6 is 22.9 Å². The van der Waals surface area contributed by atoms with Gasteiger partial charge in [0.1, 0.15) is 0 Å². The van der Waals surface area contributed by atoms with Crippen molar-refractivity contribution in [3.05, 3.63) is 34.2 Å². The van der Waals surface area contributed by atoms with Gasteiger partial charge in [0.15, 0.2) is 0 Å². The Labute approximate surface area is 111 Å². The number of rotatable bonds is 5. The average Bonchev–Trinajstić information content (AvgIpc) is 2.67. The van der Waals surface area contributed by atoms with Crippen molar-refractivity contribution in [2.75, 3.05) is 6.54 Å². The van der Waals surface area contributed by atoms with Gasteiger partial charge >= 0.3 is 0 Å². The van der Waals surface area contributed by atoms with E-state index >= 15 is 0 Å². The van der Waals surface area contributed by atoms with E-state index in [9.17, 15) is 0 Å². The molecule has 1 aromatic heterocycles. The summed E-state index contributed by atoms with van der Waals surface area (Å²) in [4.78, 5) is 1.20. The van der Waals surface area contributed by atoms with Gasteiger partial charge in [-0.05, 0) is 19.0 Å². The molecule has 1 N–H and O–H groups in total. The second-order valence-corrected chi connectivity index (χ2v) is 5.33. The minimum atomic E-state index is 0.822. The molecular formula is C14H14ClNS. The van der Waals surface area contributed by atoms with Crippen LogP contribution < -0.4 is 5.32 Å². The lowest BCUT2D eigenvalue weighted by molar-refractivity contribution is 0.664. The molecule has 1 nitrogen and oxygen atoms in total. The van der Waals surface area contributed by atoms with Gasteiger partial charge in [0.2, 0.25) is 0 Å². The van der Waals surface area contributed by atoms with Crippen LogP contribution in [0, 0.1) is 12.3 Å². The first-order valence-electron chi connectivity index (χ1n) is 5.63. The summed E-state index contributed by atoms with van der Waals surface area (Å²) in [5.74, 6) is 2.64. The van der Waals surface area contributed by atoms with Crippen LogP contribution in [0.1, 0.15) is 17.7 Å². The third-order valence-corrected chi connectivity index (χ3v) is 4.28. The minimum Gasteiger partial charge on any atom is -0.312 e. The van der Waals surface area contributed by atoms with Gasteiger partial charge in [-0.15, -0.1) is 23.7 Å². The molecule has 1 aromatic carbocycles. The molecule has 0 bridgehead atoms. The van der Waals surface area contributed by atoms with Gasteiger partial charge in [0.25, 0.3) is 0 Å². The molecule has 0 aliphatic rings. The zero-order valence-electron chi connectivity index (χ0n) is 9.50. The normalized spacial score (nSPS) is 10.6. The van der Waals surface area contributed by atoms with E-state index < -0.39 is 0 Å². The molecule has 0 fully saturated rings. The number of halogens is 1. The molecule has 0 saturated carbocycles. The van der Waals surface area contributed by atoms with Crippen molar-refractivity contribution in [2.24, 2.45) is 0 Å². The molecule has 0 saturated heterocycles. The number of nitrogens with one attached hydrogen (secondary N) is 1. The molecule has 0 amide bonds. The maximum Gasteiger partial charge on any atom is 0.0636 e. The summed E-state index contributed by atoms with van der Waals surface area (Å²) in [6.45, 7) is 1.76. The largest absolute Gasteiger partial charge is 0.312 e. The third kappa shape index (κ3) is 3.01. The molecule has 0 aliphatic heterocycles. The lowest BCUT2D eigenvalue weighted by Crippen LogP contribution is -2.13. The Balaban J connectivity index is 1.99. The summed E-state index contributed by atoms with van der Waals surface area (Å²) in [5.41, 5.74) is 0. The molecule has 0 aliphatic carbocycles. The second-order valence-electron chi connectivity index (χ2n) is 3.82. The molecule has 2 rings (SSSR count). The highest BCUT2D eigenvalue weighted by Gasteiger charge is 2.08. The van der Waals surface area contributed by atoms with Crippen molar-refractivity contribution in [3.8, 4) is 12.3 Å². The molecule has 2 aromatic rings. The van der Waals surface area contributed by atoms with E-state index in [1.165, 1.54) is 9.58 Å². The van der Waals surface area contributed by atoms with Crippen LogP contribution in [0.15, 0.2) is 24.3 Å². The van der Waals surface area contributed by atoms with Gasteiger partial charge in [0.05, 0.1) is 5.02 Å². The van der Waals surface area contributed by atoms with Crippen LogP contribution in [-0.2, 0) is 6.54 Å². The fourth-order valence-corrected chi connectivity index (χ4v) is 3.17. The van der Waals surface area contributed by atoms with Crippen molar-refractivity contribution in [1.82, 2.24) is 5.32 Å². The molecule has 0 unspecified atom stereocenters. The lowest BCUT2D eigenvalue weighted by atomic mass is 10.2. The number of unbranched alkanes of at least 4 members (excludes halogenated alkanes) is 1. The minimum absolute atomic E-state index is 0.822. The molecule has 1 heterocycles. The first kappa shape index (κ1) is 12.4. The Morgan fingerprint density at radius 2 is 2.18 bits per heavy atom. The number of fused-ring (bicyclic) bond motifs is 1. The summed E-state index contributed by atoms with van der Waals surface area (Å²) in [5, 5.41) is 5.41. The van der Waals surface area contributed by atoms with Crippen LogP contribution in [0.2, 0.25) is 5.02 Å². The molecule has 17 heavy (non-hydrogen) atoms. The van der Waals surface area contributed by atoms with Crippen molar-refractivity contribution in [3.63, 3.8) is 0 Å². The summed E-state index contributed by atoms with van der Waals surface area (Å²) >= 11 is 8.09. The van der Waals surface area contributed by atoms with E-state index in [0.717, 1.165) is 36.3 Å². The van der Waals surface area contributed by atoms with Crippen molar-refractivity contribution in [2.45, 2.75) is 19.4 Å². The van der Waals surface area contributed by atoms with Gasteiger partial charge in [-0.2, -0.15) is 0 Å². The Morgan fingerprint density at radius 3 is 2.94 bits per heavy atom. The first-order valence-corrected chi connectivity index (χ1v) is 6.82. The standard InChI is InChI=1S/C14H14ClNS/c1-2-3-6-9-16-10-13-14(15)11-7-4-5-8-12(11)17-13/h1,4-5,7-8,16H,3,6,9-10H2. The summed E-state index contributed by atoms with van der Waals surface area (Å²) in [7, 11) is 0. The summed E-state index contributed by atoms with van der Waals surface area (Å²) in [6, 6.07) is 8.23. The van der Waals surface area contributed by atoms with E-state index in [2.05, 4.69) is 23.4 Å². The van der Waals surface area contributed by atoms with Gasteiger partial charge < -0.3 is 5.32 Å². The predicted octanol–water partition coefficient (Wildman–Crippen LogP) is 4.06. The van der Waals surface area contributed by atoms with Gasteiger partial charge in [-0.1, -0.05) is 29.8 Å². The lowest BCUT2D eigenvalue weighted by Gasteiger charge is -2.01. The highest BCUT2D eigenvalue weighted by molar-refractivity contribution is 7.19. The van der Waals surface area contributed by atoms with Crippen LogP contribution in [0.3, 0.4) is 0 Å². The van der Waals surface area contributed by atoms with E-state index in [1.807, 2.05) is 12.1 Å². The summed E-state index contributed by atoms with van der Waals surface area (Å²) < 4.78 is 1.25. The molecule has 0 atom stereocenters. The molecule has 3 heteroatoms. The number of thiophene rings is 1. The van der Waals surface area contributed by atoms with Crippen molar-refractivity contribution >= 4 is 33.0 Å². The molecule has 0 spiro atoms. The molecule has 88 valence electrons. The fourth-order valence-electron chi connectivity index (χ4n) is 1.70. The van der Waals surface area contributed by atoms with Crippen LogP contribution in [-0.4, -0.2) is 6.54 Å². The van der Waals surface area contributed by atoms with E-state index in [-0.39, 0.29) is 0 Å². The highest BCUT2D eigenvalue weighted by atomic mass is 35.5. The van der Waals surface area contributed by atoms with E-state index in [4.69, 9.17) is 18.0 Å². The third-order valence-electron chi connectivity index (χ3n) is 2.56. The fraction of sp³-hybridized carbons (Fsp3) is 0.286. The molecule has 0 radical (unpaired) electrons. The Morgan fingerprint density at radius 1 is 1.35 bits per heavy atom. The quantitative estimate of drug-likeness (QED) is 0.634. The number of terminal acetylenes is 1. The summed E-state index contributed by atoms with van der Waals surface area (Å²) in [6.07, 6.45) is 7.04. The second kappa shape index (κ2) is 6.07. The van der Waals surface area contributed by atoms with Gasteiger partial charge in [-0.25, -0.2) is 0 Å². The predicted molar refractivity (Wildman–Crippen MR) is 76.6 cm³/mol. The van der Waals surface area contributed by atoms with E-state index in [0.29, 0.717) is 0 Å². The maximum atomic E-state index is 6.34. The van der Waals surface area contributed by atoms with E-state index in [1.54, 1.807) is 11.3 Å². The number of benzene rings is 1. The zero-order chi connectivity index (χ0) is 12.1. The smallest absolute Gasteiger partial charge is 0.0636 e. The Kier molecular flexibility index (Phi) is 4.44. The van der Waals surface area contributed by atoms with Gasteiger partial charge in [-0.3, -0.25) is 0 Å². The van der Waals surface area contributed by atoms with Crippen molar-refractivity contribution in [1.29, 1.82) is 0 Å². The van der Waals surface area contributed by atoms with Crippen LogP contribution in [0.25, 0.3) is 10.1 Å². The van der Waals surface area contributed by atoms with Crippen LogP contribution in [0.4, 0.5) is 0 Å². The monoisotopic (exact) mass is 263 g/mol. The first-order chi connectivity index (χ1) is 8.33. The van der Waals surface area contributed by atoms with Crippen LogP contribution in [0.5, 0.6) is 0 Å². The number of hydrogen-bond acceptors (Lipinski definition) is 2. The van der Waals surface area contributed by atoms with Gasteiger partial charge in [0, 0.05) is 27.9 Å². The topological polar surface area (TPSA) is 12.0 Å². The average molecular weight is 264 g/mol. The molecular weight excluding hydrogens is 250 g/mol. The Bertz CT molecular complexity index is 539. The maximum absolute atomic E-state index is 6.34. The Hall–Kier alpha value is -1.01. The zero-order valence-corrected chi connectivity index (χ0v) is 11.1. The SMILES string of the molecule is C#CCCCNCc1sc2ccccc2c1Cl. The number of hydrogen-bond donors (Lipinski definition) is 1. The van der Waals surface area contributed by atoms with Crippen molar-refractivity contribution < 1.29 is 0 Å². The highest BCUT2D eigenvalue weighted by Crippen LogP contribution is 2.34.